The number of anilines is 2. The Bertz CT molecular complexity index is 808. The van der Waals surface area contributed by atoms with E-state index in [0.717, 1.165) is 31.0 Å². The van der Waals surface area contributed by atoms with Gasteiger partial charge in [0.1, 0.15) is 18.0 Å². The van der Waals surface area contributed by atoms with Crippen LogP contribution in [0.5, 0.6) is 0 Å². The van der Waals surface area contributed by atoms with E-state index in [-0.39, 0.29) is 11.8 Å². The summed E-state index contributed by atoms with van der Waals surface area (Å²) in [6, 6.07) is 4.76. The van der Waals surface area contributed by atoms with Crippen LogP contribution in [-0.2, 0) is 9.53 Å². The smallest absolute Gasteiger partial charge is 0.293 e. The van der Waals surface area contributed by atoms with Gasteiger partial charge in [-0.15, -0.1) is 0 Å². The van der Waals surface area contributed by atoms with E-state index in [1.165, 1.54) is 25.2 Å². The third-order valence-electron chi connectivity index (χ3n) is 4.97. The molecule has 0 amide bonds. The first kappa shape index (κ1) is 19.8. The van der Waals surface area contributed by atoms with Crippen molar-refractivity contribution in [3.8, 4) is 6.07 Å². The number of carbonyl (C=O) groups is 1. The van der Waals surface area contributed by atoms with Crippen LogP contribution in [0.15, 0.2) is 18.5 Å². The van der Waals surface area contributed by atoms with Crippen LogP contribution in [0.1, 0.15) is 49.4 Å². The van der Waals surface area contributed by atoms with E-state index in [9.17, 15) is 4.79 Å². The van der Waals surface area contributed by atoms with Crippen LogP contribution in [0.3, 0.4) is 0 Å². The highest BCUT2D eigenvalue weighted by Crippen LogP contribution is 2.35. The Hall–Kier alpha value is -2.99. The minimum Gasteiger partial charge on any atom is -0.465 e. The zero-order valence-corrected chi connectivity index (χ0v) is 16.1. The minimum absolute atomic E-state index is 0.00778. The number of hydrogen-bond donors (Lipinski definition) is 2. The number of H-pyrrole nitrogens is 1. The second-order valence-electron chi connectivity index (χ2n) is 7.29. The quantitative estimate of drug-likeness (QED) is 0.729. The predicted octanol–water partition coefficient (Wildman–Crippen LogP) is 2.33. The van der Waals surface area contributed by atoms with Gasteiger partial charge in [0.2, 0.25) is 0 Å². The van der Waals surface area contributed by atoms with E-state index in [0.29, 0.717) is 24.0 Å². The summed E-state index contributed by atoms with van der Waals surface area (Å²) in [7, 11) is 4.27. The van der Waals surface area contributed by atoms with Crippen molar-refractivity contribution in [3.05, 3.63) is 29.8 Å². The number of rotatable bonds is 6. The highest BCUT2D eigenvalue weighted by Gasteiger charge is 2.28. The maximum atomic E-state index is 10.4. The summed E-state index contributed by atoms with van der Waals surface area (Å²) < 4.78 is 5.00. The maximum absolute atomic E-state index is 10.4. The van der Waals surface area contributed by atoms with Crippen molar-refractivity contribution in [2.45, 2.75) is 50.2 Å². The molecule has 2 heterocycles. The summed E-state index contributed by atoms with van der Waals surface area (Å²) in [5.74, 6) is 1.46. The molecule has 148 valence electrons. The van der Waals surface area contributed by atoms with Crippen LogP contribution in [0.4, 0.5) is 11.6 Å². The van der Waals surface area contributed by atoms with E-state index in [1.807, 2.05) is 12.1 Å². The molecule has 2 aromatic rings. The predicted molar refractivity (Wildman–Crippen MR) is 103 cm³/mol. The van der Waals surface area contributed by atoms with Crippen LogP contribution in [0.25, 0.3) is 0 Å². The van der Waals surface area contributed by atoms with Gasteiger partial charge in [-0.1, -0.05) is 0 Å². The van der Waals surface area contributed by atoms with Crippen molar-refractivity contribution in [3.63, 3.8) is 0 Å². The zero-order valence-electron chi connectivity index (χ0n) is 16.1. The molecule has 28 heavy (non-hydrogen) atoms. The number of hydrogen-bond acceptors (Lipinski definition) is 8. The van der Waals surface area contributed by atoms with Crippen LogP contribution in [0, 0.1) is 11.3 Å². The number of ether oxygens (including phenoxy) is 1. The molecule has 2 aliphatic carbocycles. The monoisotopic (exact) mass is 383 g/mol. The second-order valence-corrected chi connectivity index (χ2v) is 7.29. The van der Waals surface area contributed by atoms with Crippen molar-refractivity contribution in [2.75, 3.05) is 19.4 Å². The van der Waals surface area contributed by atoms with Crippen molar-refractivity contribution in [1.82, 2.24) is 25.1 Å². The molecule has 2 N–H and O–H groups in total. The number of nitrogens with zero attached hydrogens (tertiary/aromatic N) is 5. The molecule has 9 heteroatoms. The molecule has 0 aromatic carbocycles. The molecular weight excluding hydrogens is 358 g/mol. The van der Waals surface area contributed by atoms with Crippen molar-refractivity contribution in [1.29, 1.82) is 5.26 Å². The molecule has 0 aliphatic heterocycles. The third kappa shape index (κ3) is 5.50. The van der Waals surface area contributed by atoms with Gasteiger partial charge in [0.25, 0.3) is 6.47 Å². The summed E-state index contributed by atoms with van der Waals surface area (Å²) in [6.07, 6.45) is 8.34. The molecule has 0 bridgehead atoms. The van der Waals surface area contributed by atoms with Gasteiger partial charge in [0, 0.05) is 23.7 Å². The fourth-order valence-electron chi connectivity index (χ4n) is 3.21. The molecule has 2 aromatic heterocycles. The lowest BCUT2D eigenvalue weighted by Gasteiger charge is -2.07. The van der Waals surface area contributed by atoms with E-state index in [4.69, 9.17) is 10.00 Å². The van der Waals surface area contributed by atoms with Crippen LogP contribution in [0.2, 0.25) is 0 Å². The van der Waals surface area contributed by atoms with Gasteiger partial charge in [0.05, 0.1) is 12.4 Å². The van der Waals surface area contributed by atoms with Crippen LogP contribution < -0.4 is 5.32 Å². The Morgan fingerprint density at radius 1 is 1.25 bits per heavy atom. The molecule has 2 atom stereocenters. The molecular formula is C19H25N7O2. The maximum Gasteiger partial charge on any atom is 0.293 e. The Labute approximate surface area is 164 Å². The first-order chi connectivity index (χ1) is 13.6. The molecule has 2 fully saturated rings. The van der Waals surface area contributed by atoms with E-state index < -0.39 is 0 Å². The summed E-state index contributed by atoms with van der Waals surface area (Å²) >= 11 is 0. The minimum atomic E-state index is -0.00778. The average molecular weight is 383 g/mol. The molecule has 9 nitrogen and oxygen atoms in total. The summed E-state index contributed by atoms with van der Waals surface area (Å²) in [5, 5.41) is 18.9. The highest BCUT2D eigenvalue weighted by molar-refractivity contribution is 5.51. The van der Waals surface area contributed by atoms with E-state index in [1.54, 1.807) is 0 Å². The topological polar surface area (TPSA) is 120 Å². The largest absolute Gasteiger partial charge is 0.465 e. The molecule has 0 radical (unpaired) electrons. The van der Waals surface area contributed by atoms with Gasteiger partial charge in [-0.25, -0.2) is 9.97 Å². The van der Waals surface area contributed by atoms with Crippen LogP contribution >= 0.6 is 0 Å². The van der Waals surface area contributed by atoms with E-state index in [2.05, 4.69) is 44.5 Å². The first-order valence-electron chi connectivity index (χ1n) is 9.39. The Kier molecular flexibility index (Phi) is 6.55. The molecule has 2 saturated carbocycles. The molecule has 2 aliphatic rings. The lowest BCUT2D eigenvalue weighted by atomic mass is 10.0. The number of aromatic amines is 1. The Morgan fingerprint density at radius 2 is 2.07 bits per heavy atom. The Morgan fingerprint density at radius 3 is 2.64 bits per heavy atom. The normalized spacial score (nSPS) is 20.8. The summed E-state index contributed by atoms with van der Waals surface area (Å²) in [5.41, 5.74) is 1.27. The van der Waals surface area contributed by atoms with Gasteiger partial charge in [-0.05, 0) is 46.2 Å². The standard InChI is InChI=1S/C14H14N6O2.C5H11N/c15-5-10-6-17-14(7-16-10)18-13-4-12(19-20-13)9-1-2-11(3-9)22-8-21;1-6(2)5-3-4-5/h4,6-9,11H,1-3H2,(H2,17,18,19,20);5H,3-4H2,1-2H3. The third-order valence-corrected chi connectivity index (χ3v) is 4.97. The molecule has 0 spiro atoms. The lowest BCUT2D eigenvalue weighted by Crippen LogP contribution is -2.12. The fraction of sp³-hybridized carbons (Fsp3) is 0.526. The van der Waals surface area contributed by atoms with Gasteiger partial charge >= 0.3 is 0 Å². The summed E-state index contributed by atoms with van der Waals surface area (Å²) in [4.78, 5) is 20.7. The van der Waals surface area contributed by atoms with E-state index >= 15 is 0 Å². The average Bonchev–Trinajstić information content (AvgIpc) is 3.30. The number of nitrogens with one attached hydrogen (secondary N) is 2. The molecule has 2 unspecified atom stereocenters. The number of carbonyl (C=O) groups excluding carboxylic acids is 1. The zero-order chi connectivity index (χ0) is 19.9. The number of nitriles is 1. The van der Waals surface area contributed by atoms with Gasteiger partial charge in [0.15, 0.2) is 11.5 Å². The van der Waals surface area contributed by atoms with Crippen molar-refractivity contribution >= 4 is 18.1 Å². The fourth-order valence-corrected chi connectivity index (χ4v) is 3.21. The van der Waals surface area contributed by atoms with Crippen molar-refractivity contribution < 1.29 is 9.53 Å². The SMILES string of the molecule is CN(C)C1CC1.N#Cc1cnc(Nc2cc(C3CCC(OC=O)C3)[nH]n2)cn1. The van der Waals surface area contributed by atoms with Crippen molar-refractivity contribution in [2.24, 2.45) is 0 Å². The van der Waals surface area contributed by atoms with Gasteiger partial charge in [-0.3, -0.25) is 9.89 Å². The second kappa shape index (κ2) is 9.28. The van der Waals surface area contributed by atoms with Gasteiger partial charge < -0.3 is 15.0 Å². The first-order valence-corrected chi connectivity index (χ1v) is 9.39. The number of aromatic nitrogens is 4. The highest BCUT2D eigenvalue weighted by atomic mass is 16.5. The lowest BCUT2D eigenvalue weighted by molar-refractivity contribution is -0.133. The molecule has 0 saturated heterocycles. The summed E-state index contributed by atoms with van der Waals surface area (Å²) in [6.45, 7) is 0.510. The van der Waals surface area contributed by atoms with Crippen LogP contribution in [-0.4, -0.2) is 57.8 Å². The van der Waals surface area contributed by atoms with Gasteiger partial charge in [-0.2, -0.15) is 10.4 Å². The molecule has 4 rings (SSSR count). The Balaban J connectivity index is 0.000000320.